The molecule has 1 saturated carbocycles. The quantitative estimate of drug-likeness (QED) is 0.676. The summed E-state index contributed by atoms with van der Waals surface area (Å²) in [6.45, 7) is 1.58. The van der Waals surface area contributed by atoms with Gasteiger partial charge < -0.3 is 18.8 Å². The molecule has 6 nitrogen and oxygen atoms in total. The topological polar surface area (TPSA) is 52.3 Å². The summed E-state index contributed by atoms with van der Waals surface area (Å²) in [5.41, 5.74) is 1.24. The van der Waals surface area contributed by atoms with E-state index in [0.29, 0.717) is 11.9 Å². The molecule has 1 aliphatic carbocycles. The molecule has 5 rings (SSSR count). The van der Waals surface area contributed by atoms with Gasteiger partial charge in [-0.1, -0.05) is 18.9 Å². The smallest absolute Gasteiger partial charge is 0.293 e. The van der Waals surface area contributed by atoms with Gasteiger partial charge in [-0.05, 0) is 31.0 Å². The van der Waals surface area contributed by atoms with Crippen LogP contribution in [0.1, 0.15) is 44.6 Å². The lowest BCUT2D eigenvalue weighted by molar-refractivity contribution is 0.173. The summed E-state index contributed by atoms with van der Waals surface area (Å²) in [6.07, 6.45) is 12.8. The van der Waals surface area contributed by atoms with Crippen LogP contribution < -0.4 is 15.2 Å². The Morgan fingerprint density at radius 1 is 1.03 bits per heavy atom. The first kappa shape index (κ1) is 18.3. The zero-order valence-electron chi connectivity index (χ0n) is 17.0. The van der Waals surface area contributed by atoms with E-state index in [1.54, 1.807) is 24.0 Å². The lowest BCUT2D eigenvalue weighted by atomic mass is 10.1. The summed E-state index contributed by atoms with van der Waals surface area (Å²) in [7, 11) is 1.77. The average Bonchev–Trinajstić information content (AvgIpc) is 3.41. The molecule has 2 fully saturated rings. The second-order valence-electron chi connectivity index (χ2n) is 8.32. The minimum absolute atomic E-state index is 0.0371. The molecule has 0 spiro atoms. The van der Waals surface area contributed by atoms with Gasteiger partial charge in [0, 0.05) is 63.0 Å². The fourth-order valence-corrected chi connectivity index (χ4v) is 4.83. The van der Waals surface area contributed by atoms with Crippen LogP contribution in [0.15, 0.2) is 47.7 Å². The summed E-state index contributed by atoms with van der Waals surface area (Å²) in [5.74, 6) is 1.52. The van der Waals surface area contributed by atoms with Crippen LogP contribution in [-0.2, 0) is 7.05 Å². The van der Waals surface area contributed by atoms with Crippen molar-refractivity contribution in [3.63, 3.8) is 0 Å². The lowest BCUT2D eigenvalue weighted by Gasteiger charge is -2.32. The molecule has 3 heterocycles. The minimum atomic E-state index is -0.0371. The number of hydrogen-bond donors (Lipinski definition) is 0. The number of benzene rings is 1. The second-order valence-corrected chi connectivity index (χ2v) is 8.32. The molecule has 0 unspecified atom stereocenters. The third-order valence-corrected chi connectivity index (χ3v) is 6.48. The molecular formula is C23H28N4O2. The number of aromatic nitrogens is 3. The highest BCUT2D eigenvalue weighted by Gasteiger charge is 2.24. The third-order valence-electron chi connectivity index (χ3n) is 6.48. The Labute approximate surface area is 170 Å². The van der Waals surface area contributed by atoms with E-state index in [9.17, 15) is 4.79 Å². The average molecular weight is 393 g/mol. The molecule has 1 aromatic carbocycles. The fraction of sp³-hybridized carbons (Fsp3) is 0.478. The van der Waals surface area contributed by atoms with Gasteiger partial charge in [-0.2, -0.15) is 0 Å². The molecule has 152 valence electrons. The van der Waals surface area contributed by atoms with Crippen LogP contribution in [0.4, 0.5) is 5.82 Å². The monoisotopic (exact) mass is 392 g/mol. The molecule has 6 heteroatoms. The molecule has 29 heavy (non-hydrogen) atoms. The number of rotatable bonds is 4. The summed E-state index contributed by atoms with van der Waals surface area (Å²) in [5, 5.41) is 1.21. The van der Waals surface area contributed by atoms with Crippen LogP contribution in [0.2, 0.25) is 0 Å². The Kier molecular flexibility index (Phi) is 4.78. The van der Waals surface area contributed by atoms with Crippen LogP contribution in [0, 0.1) is 0 Å². The Morgan fingerprint density at radius 2 is 1.83 bits per heavy atom. The maximum Gasteiger partial charge on any atom is 0.293 e. The van der Waals surface area contributed by atoms with Crippen molar-refractivity contribution in [2.75, 3.05) is 18.0 Å². The summed E-state index contributed by atoms with van der Waals surface area (Å²) < 4.78 is 10.5. The van der Waals surface area contributed by atoms with Crippen molar-refractivity contribution >= 4 is 16.7 Å². The van der Waals surface area contributed by atoms with Gasteiger partial charge in [-0.15, -0.1) is 0 Å². The highest BCUT2D eigenvalue weighted by molar-refractivity contribution is 5.86. The largest absolute Gasteiger partial charge is 0.490 e. The van der Waals surface area contributed by atoms with Crippen molar-refractivity contribution in [3.05, 3.63) is 53.2 Å². The van der Waals surface area contributed by atoms with Crippen molar-refractivity contribution in [2.24, 2.45) is 7.05 Å². The van der Waals surface area contributed by atoms with E-state index in [0.717, 1.165) is 31.7 Å². The van der Waals surface area contributed by atoms with Gasteiger partial charge in [0.05, 0.1) is 5.52 Å². The molecular weight excluding hydrogens is 364 g/mol. The van der Waals surface area contributed by atoms with E-state index in [2.05, 4.69) is 44.9 Å². The molecule has 0 N–H and O–H groups in total. The van der Waals surface area contributed by atoms with Gasteiger partial charge in [0.25, 0.3) is 5.56 Å². The Hall–Kier alpha value is -2.76. The van der Waals surface area contributed by atoms with Crippen molar-refractivity contribution in [1.29, 1.82) is 0 Å². The first-order chi connectivity index (χ1) is 14.2. The highest BCUT2D eigenvalue weighted by Crippen LogP contribution is 2.36. The van der Waals surface area contributed by atoms with Crippen molar-refractivity contribution in [2.45, 2.75) is 50.7 Å². The van der Waals surface area contributed by atoms with Gasteiger partial charge >= 0.3 is 0 Å². The third kappa shape index (κ3) is 3.41. The summed E-state index contributed by atoms with van der Waals surface area (Å²) in [6, 6.07) is 9.24. The normalized spacial score (nSPS) is 18.6. The first-order valence-corrected chi connectivity index (χ1v) is 10.7. The summed E-state index contributed by atoms with van der Waals surface area (Å²) >= 11 is 0. The maximum atomic E-state index is 12.3. The van der Waals surface area contributed by atoms with Crippen molar-refractivity contribution in [3.8, 4) is 5.75 Å². The van der Waals surface area contributed by atoms with Crippen LogP contribution in [-0.4, -0.2) is 33.3 Å². The van der Waals surface area contributed by atoms with Crippen molar-refractivity contribution < 1.29 is 4.74 Å². The van der Waals surface area contributed by atoms with E-state index in [4.69, 9.17) is 4.74 Å². The molecule has 1 aliphatic heterocycles. The predicted octanol–water partition coefficient (Wildman–Crippen LogP) is 3.90. The van der Waals surface area contributed by atoms with E-state index >= 15 is 0 Å². The number of ether oxygens (including phenoxy) is 1. The van der Waals surface area contributed by atoms with E-state index in [1.807, 2.05) is 0 Å². The van der Waals surface area contributed by atoms with Crippen LogP contribution in [0.3, 0.4) is 0 Å². The predicted molar refractivity (Wildman–Crippen MR) is 115 cm³/mol. The molecule has 0 radical (unpaired) electrons. The number of fused-ring (bicyclic) bond motifs is 1. The zero-order chi connectivity index (χ0) is 19.8. The van der Waals surface area contributed by atoms with Crippen molar-refractivity contribution in [1.82, 2.24) is 14.1 Å². The molecule has 1 saturated heterocycles. The van der Waals surface area contributed by atoms with Gasteiger partial charge in [0.1, 0.15) is 11.9 Å². The number of aryl methyl sites for hydroxylation is 1. The number of anilines is 1. The summed E-state index contributed by atoms with van der Waals surface area (Å²) in [4.78, 5) is 18.7. The van der Waals surface area contributed by atoms with Gasteiger partial charge in [-0.25, -0.2) is 4.98 Å². The van der Waals surface area contributed by atoms with Crippen LogP contribution in [0.5, 0.6) is 5.75 Å². The molecule has 2 aromatic heterocycles. The SMILES string of the molecule is Cn1ccnc(N2CCC(Oc3cccc4c3ccn4C3CCCC3)CC2)c1=O. The van der Waals surface area contributed by atoms with E-state index < -0.39 is 0 Å². The van der Waals surface area contributed by atoms with Gasteiger partial charge in [-0.3, -0.25) is 4.79 Å². The van der Waals surface area contributed by atoms with Gasteiger partial charge in [0.15, 0.2) is 5.82 Å². The number of piperidine rings is 1. The number of nitrogens with zero attached hydrogens (tertiary/aromatic N) is 4. The Bertz CT molecular complexity index is 1060. The van der Waals surface area contributed by atoms with E-state index in [-0.39, 0.29) is 11.7 Å². The molecule has 0 amide bonds. The molecule has 0 bridgehead atoms. The van der Waals surface area contributed by atoms with Crippen LogP contribution >= 0.6 is 0 Å². The molecule has 2 aliphatic rings. The molecule has 0 atom stereocenters. The fourth-order valence-electron chi connectivity index (χ4n) is 4.83. The highest BCUT2D eigenvalue weighted by atomic mass is 16.5. The van der Waals surface area contributed by atoms with Gasteiger partial charge in [0.2, 0.25) is 0 Å². The second kappa shape index (κ2) is 7.58. The lowest BCUT2D eigenvalue weighted by Crippen LogP contribution is -2.41. The van der Waals surface area contributed by atoms with Crippen LogP contribution in [0.25, 0.3) is 10.9 Å². The standard InChI is InChI=1S/C23H28N4O2/c1-25-16-12-24-22(23(25)28)26-13-9-18(10-14-26)29-21-8-4-7-20-19(21)11-15-27(20)17-5-2-3-6-17/h4,7-8,11-12,15-18H,2-3,5-6,9-10,13-14H2,1H3. The Morgan fingerprint density at radius 3 is 2.62 bits per heavy atom. The first-order valence-electron chi connectivity index (χ1n) is 10.7. The zero-order valence-corrected chi connectivity index (χ0v) is 17.0. The Balaban J connectivity index is 1.30. The maximum absolute atomic E-state index is 12.3. The number of hydrogen-bond acceptors (Lipinski definition) is 4. The van der Waals surface area contributed by atoms with E-state index in [1.165, 1.54) is 36.6 Å². The molecule has 3 aromatic rings. The minimum Gasteiger partial charge on any atom is -0.490 e.